The van der Waals surface area contributed by atoms with Gasteiger partial charge in [0.15, 0.2) is 0 Å². The van der Waals surface area contributed by atoms with Crippen LogP contribution in [0.25, 0.3) is 56.5 Å². The number of nitrogens with zero attached hydrogens (tertiary/aromatic N) is 3. The van der Waals surface area contributed by atoms with E-state index in [0.29, 0.717) is 43.6 Å². The molecule has 1 amide bonds. The first-order chi connectivity index (χ1) is 24.2. The van der Waals surface area contributed by atoms with E-state index in [1.807, 2.05) is 31.2 Å². The number of carboxylic acids is 1. The summed E-state index contributed by atoms with van der Waals surface area (Å²) >= 11 is 0. The minimum atomic E-state index is -0.866. The lowest BCUT2D eigenvalue weighted by atomic mass is 9.98. The van der Waals surface area contributed by atoms with Crippen molar-refractivity contribution < 1.29 is 14.7 Å². The third-order valence-electron chi connectivity index (χ3n) is 10.3. The van der Waals surface area contributed by atoms with Crippen LogP contribution in [0.3, 0.4) is 0 Å². The van der Waals surface area contributed by atoms with Gasteiger partial charge in [-0.25, -0.2) is 9.97 Å². The zero-order valence-corrected chi connectivity index (χ0v) is 31.4. The Morgan fingerprint density at radius 3 is 1.71 bits per heavy atom. The Bertz CT molecular complexity index is 2120. The van der Waals surface area contributed by atoms with Crippen LogP contribution in [0.4, 0.5) is 0 Å². The van der Waals surface area contributed by atoms with Crippen LogP contribution in [0.2, 0.25) is 0 Å². The molecule has 5 rings (SSSR count). The van der Waals surface area contributed by atoms with Crippen LogP contribution in [0.1, 0.15) is 112 Å². The highest BCUT2D eigenvalue weighted by molar-refractivity contribution is 5.97. The van der Waals surface area contributed by atoms with Gasteiger partial charge in [0, 0.05) is 71.2 Å². The molecule has 5 heterocycles. The van der Waals surface area contributed by atoms with Crippen LogP contribution in [-0.2, 0) is 9.59 Å². The van der Waals surface area contributed by atoms with Gasteiger partial charge in [0.25, 0.3) is 0 Å². The van der Waals surface area contributed by atoms with Crippen LogP contribution in [0.5, 0.6) is 0 Å². The van der Waals surface area contributed by atoms with Gasteiger partial charge in [0.05, 0.1) is 22.8 Å². The molecule has 4 N–H and O–H groups in total. The first-order valence-corrected chi connectivity index (χ1v) is 17.9. The molecule has 2 aliphatic rings. The quantitative estimate of drug-likeness (QED) is 0.142. The molecule has 0 unspecified atom stereocenters. The Morgan fingerprint density at radius 2 is 1.22 bits per heavy atom. The number of aromatic amines is 2. The van der Waals surface area contributed by atoms with Gasteiger partial charge in [-0.3, -0.25) is 14.5 Å². The van der Waals surface area contributed by atoms with Gasteiger partial charge in [-0.15, -0.1) is 0 Å². The minimum absolute atomic E-state index is 0.00582. The number of rotatable bonds is 13. The maximum absolute atomic E-state index is 13.2. The van der Waals surface area contributed by atoms with Crippen LogP contribution in [0, 0.1) is 13.8 Å². The third kappa shape index (κ3) is 7.84. The highest BCUT2D eigenvalue weighted by Gasteiger charge is 2.23. The molecular weight excluding hydrogens is 637 g/mol. The van der Waals surface area contributed by atoms with Gasteiger partial charge in [-0.05, 0) is 126 Å². The molecule has 9 nitrogen and oxygen atoms in total. The maximum Gasteiger partial charge on any atom is 0.303 e. The molecule has 0 fully saturated rings. The van der Waals surface area contributed by atoms with Crippen molar-refractivity contribution in [3.63, 3.8) is 0 Å². The Morgan fingerprint density at radius 1 is 0.745 bits per heavy atom. The first kappa shape index (κ1) is 37.2. The van der Waals surface area contributed by atoms with E-state index in [0.717, 1.165) is 90.2 Å². The number of aromatic nitrogens is 4. The highest BCUT2D eigenvalue weighted by atomic mass is 16.4. The minimum Gasteiger partial charge on any atom is -0.481 e. The predicted molar refractivity (Wildman–Crippen MR) is 212 cm³/mol. The second-order valence-corrected chi connectivity index (χ2v) is 14.1. The van der Waals surface area contributed by atoms with Gasteiger partial charge >= 0.3 is 5.97 Å². The summed E-state index contributed by atoms with van der Waals surface area (Å²) in [6.45, 7) is 26.4. The average molecular weight is 689 g/mol. The van der Waals surface area contributed by atoms with E-state index in [9.17, 15) is 14.7 Å². The number of H-pyrrole nitrogens is 2. The molecule has 0 aliphatic carbocycles. The Labute approximate surface area is 301 Å². The first-order valence-electron chi connectivity index (χ1n) is 17.9. The lowest BCUT2D eigenvalue weighted by Crippen LogP contribution is -2.42. The van der Waals surface area contributed by atoms with Gasteiger partial charge in [0.2, 0.25) is 5.91 Å². The molecule has 0 atom stereocenters. The fraction of sp³-hybridized carbons (Fsp3) is 0.381. The lowest BCUT2D eigenvalue weighted by molar-refractivity contribution is -0.136. The molecule has 3 aromatic rings. The topological polar surface area (TPSA) is 127 Å². The number of hydrogen-bond acceptors (Lipinski definition) is 5. The molecule has 0 radical (unpaired) electrons. The largest absolute Gasteiger partial charge is 0.481 e. The normalized spacial score (nSPS) is 13.2. The van der Waals surface area contributed by atoms with Gasteiger partial charge < -0.3 is 20.4 Å². The number of carbonyl (C=O) groups is 2. The number of carbonyl (C=O) groups excluding carboxylic acids is 1. The Hall–Kier alpha value is -5.02. The molecule has 9 heteroatoms. The summed E-state index contributed by atoms with van der Waals surface area (Å²) in [5.41, 5.74) is 14.5. The number of aliphatic carboxylic acids is 1. The fourth-order valence-corrected chi connectivity index (χ4v) is 7.30. The van der Waals surface area contributed by atoms with E-state index in [1.54, 1.807) is 0 Å². The smallest absolute Gasteiger partial charge is 0.303 e. The number of amides is 1. The Balaban J connectivity index is 1.67. The van der Waals surface area contributed by atoms with Crippen molar-refractivity contribution in [3.8, 4) is 0 Å². The van der Waals surface area contributed by atoms with Crippen molar-refractivity contribution in [1.82, 2.24) is 30.2 Å². The second kappa shape index (κ2) is 15.5. The number of nitrogens with one attached hydrogen (secondary N) is 3. The molecular formula is C42H52N6O3. The Kier molecular flexibility index (Phi) is 11.3. The van der Waals surface area contributed by atoms with Crippen LogP contribution >= 0.6 is 0 Å². The van der Waals surface area contributed by atoms with Crippen molar-refractivity contribution in [2.75, 3.05) is 13.1 Å². The van der Waals surface area contributed by atoms with E-state index < -0.39 is 5.97 Å². The summed E-state index contributed by atoms with van der Waals surface area (Å²) in [6.07, 6.45) is 4.84. The van der Waals surface area contributed by atoms with Gasteiger partial charge in [-0.2, -0.15) is 0 Å². The zero-order chi connectivity index (χ0) is 37.1. The number of fused-ring (bicyclic) bond motifs is 8. The molecule has 0 spiro atoms. The summed E-state index contributed by atoms with van der Waals surface area (Å²) in [6, 6.07) is 8.92. The molecule has 0 aromatic carbocycles. The van der Waals surface area contributed by atoms with Gasteiger partial charge in [-0.1, -0.05) is 25.3 Å². The number of carboxylic acid groups (broad SMARTS) is 1. The summed E-state index contributed by atoms with van der Waals surface area (Å²) in [4.78, 5) is 44.6. The van der Waals surface area contributed by atoms with Crippen LogP contribution in [-0.4, -0.2) is 67.0 Å². The van der Waals surface area contributed by atoms with Crippen molar-refractivity contribution in [2.24, 2.45) is 0 Å². The molecule has 268 valence electrons. The summed E-state index contributed by atoms with van der Waals surface area (Å²) in [5.74, 6) is -0.872. The maximum atomic E-state index is 13.2. The highest BCUT2D eigenvalue weighted by Crippen LogP contribution is 2.38. The van der Waals surface area contributed by atoms with E-state index in [4.69, 9.17) is 9.97 Å². The molecule has 0 saturated heterocycles. The second-order valence-electron chi connectivity index (χ2n) is 14.1. The number of aryl methyl sites for hydroxylation is 2. The molecule has 2 aliphatic heterocycles. The lowest BCUT2D eigenvalue weighted by Gasteiger charge is -2.30. The van der Waals surface area contributed by atoms with Crippen LogP contribution < -0.4 is 5.32 Å². The standard InChI is InChI=1S/C42H52N6O3/c1-11-29-25(7)33-19-34-27(9)31(13-15-41(49)43-17-18-48(23(3)4)24(5)6)39(46-34)22-40-32(14-16-42(50)51)28(10)36(47-40)21-38-30(12-2)26(8)35(45-38)20-37(29)44-33/h11-12,19-24,44-45H,1-2,13-18H2,3-10H3,(H,43,49)(H,50,51). The average Bonchev–Trinajstić information content (AvgIpc) is 3.73. The van der Waals surface area contributed by atoms with Crippen LogP contribution in [0.15, 0.2) is 37.4 Å². The van der Waals surface area contributed by atoms with E-state index in [-0.39, 0.29) is 12.3 Å². The van der Waals surface area contributed by atoms with E-state index in [1.165, 1.54) is 0 Å². The molecule has 8 bridgehead atoms. The third-order valence-corrected chi connectivity index (χ3v) is 10.3. The fourth-order valence-electron chi connectivity index (χ4n) is 7.30. The number of allylic oxidation sites excluding steroid dienone is 4. The summed E-state index contributed by atoms with van der Waals surface area (Å²) in [7, 11) is 0. The summed E-state index contributed by atoms with van der Waals surface area (Å²) in [5, 5.41) is 12.7. The predicted octanol–water partition coefficient (Wildman–Crippen LogP) is 8.96. The van der Waals surface area contributed by atoms with Crippen molar-refractivity contribution in [3.05, 3.63) is 82.5 Å². The van der Waals surface area contributed by atoms with E-state index >= 15 is 0 Å². The zero-order valence-electron chi connectivity index (χ0n) is 31.4. The molecule has 51 heavy (non-hydrogen) atoms. The monoisotopic (exact) mass is 688 g/mol. The summed E-state index contributed by atoms with van der Waals surface area (Å²) < 4.78 is 0. The van der Waals surface area contributed by atoms with Gasteiger partial charge in [0.1, 0.15) is 0 Å². The van der Waals surface area contributed by atoms with Crippen molar-refractivity contribution in [1.29, 1.82) is 0 Å². The number of hydrogen-bond donors (Lipinski definition) is 4. The van der Waals surface area contributed by atoms with Crippen molar-refractivity contribution >= 4 is 68.4 Å². The molecule has 0 saturated carbocycles. The van der Waals surface area contributed by atoms with E-state index in [2.05, 4.69) is 93.9 Å². The SMILES string of the molecule is C=Cc1c(C)c2cc3[nH]c(cc4nc(cc5nc(cc1[nH]2)C(C)=C5CCC(=O)O)C(CCC(=O)NCCN(C(C)C)C(C)C)=C4C)c(C)c3C=C. The van der Waals surface area contributed by atoms with Crippen molar-refractivity contribution in [2.45, 2.75) is 93.2 Å². The molecule has 3 aromatic heterocycles.